The number of hydrogen-bond acceptors (Lipinski definition) is 2. The normalized spacial score (nSPS) is 15.7. The van der Waals surface area contributed by atoms with Gasteiger partial charge in [0.2, 0.25) is 0 Å². The standard InChI is InChI=1S/C9H3ClF6O.C6H13N.ClH/c10-7(17)4-1-5(8(11,12)13)3-6(2-4)9(14,15)16;1-7-5-3-2-4-6-7;/h1-3H;2-6H2,1H3;1H. The third-order valence-electron chi connectivity index (χ3n) is 3.39. The molecule has 1 saturated heterocycles. The molecule has 0 atom stereocenters. The van der Waals surface area contributed by atoms with E-state index in [-0.39, 0.29) is 30.6 Å². The van der Waals surface area contributed by atoms with Crippen molar-refractivity contribution in [1.29, 1.82) is 0 Å². The highest BCUT2D eigenvalue weighted by atomic mass is 35.5. The Balaban J connectivity index is 0.000000603. The van der Waals surface area contributed by atoms with Gasteiger partial charge in [-0.15, -0.1) is 12.4 Å². The molecule has 0 radical (unpaired) electrons. The Labute approximate surface area is 152 Å². The summed E-state index contributed by atoms with van der Waals surface area (Å²) >= 11 is 4.87. The van der Waals surface area contributed by atoms with Crippen LogP contribution in [-0.2, 0) is 12.4 Å². The molecule has 10 heteroatoms. The molecule has 1 heterocycles. The Bertz CT molecular complexity index is 536. The third kappa shape index (κ3) is 8.29. The van der Waals surface area contributed by atoms with E-state index in [1.54, 1.807) is 0 Å². The average Bonchev–Trinajstić information content (AvgIpc) is 2.46. The SMILES string of the molecule is CN1CCCCC1.Cl.O=C(Cl)c1cc(C(F)(F)F)cc(C(F)(F)F)c1. The van der Waals surface area contributed by atoms with E-state index in [0.717, 1.165) is 0 Å². The van der Waals surface area contributed by atoms with Gasteiger partial charge >= 0.3 is 12.4 Å². The number of alkyl halides is 6. The van der Waals surface area contributed by atoms with Gasteiger partial charge < -0.3 is 4.90 Å². The first-order valence-corrected chi connectivity index (χ1v) is 7.47. The Hall–Kier alpha value is -0.990. The van der Waals surface area contributed by atoms with Crippen molar-refractivity contribution in [2.75, 3.05) is 20.1 Å². The maximum atomic E-state index is 12.3. The third-order valence-corrected chi connectivity index (χ3v) is 3.61. The van der Waals surface area contributed by atoms with E-state index in [9.17, 15) is 31.1 Å². The Kier molecular flexibility index (Phi) is 9.26. The van der Waals surface area contributed by atoms with E-state index in [2.05, 4.69) is 11.9 Å². The van der Waals surface area contributed by atoms with Crippen LogP contribution in [0.1, 0.15) is 40.7 Å². The summed E-state index contributed by atoms with van der Waals surface area (Å²) in [5, 5.41) is -1.39. The number of benzene rings is 1. The zero-order valence-electron chi connectivity index (χ0n) is 13.2. The molecule has 1 fully saturated rings. The van der Waals surface area contributed by atoms with Crippen LogP contribution >= 0.6 is 24.0 Å². The van der Waals surface area contributed by atoms with E-state index < -0.39 is 34.3 Å². The van der Waals surface area contributed by atoms with Gasteiger partial charge in [0.25, 0.3) is 5.24 Å². The van der Waals surface area contributed by atoms with Crippen molar-refractivity contribution in [2.24, 2.45) is 0 Å². The van der Waals surface area contributed by atoms with Crippen LogP contribution in [0.5, 0.6) is 0 Å². The van der Waals surface area contributed by atoms with Crippen molar-refractivity contribution in [2.45, 2.75) is 31.6 Å². The zero-order chi connectivity index (χ0) is 18.5. The lowest BCUT2D eigenvalue weighted by atomic mass is 10.1. The molecule has 2 nitrogen and oxygen atoms in total. The van der Waals surface area contributed by atoms with Gasteiger partial charge in [-0.1, -0.05) is 6.42 Å². The second kappa shape index (κ2) is 9.64. The Morgan fingerprint density at radius 1 is 0.920 bits per heavy atom. The number of piperidine rings is 1. The molecule has 0 bridgehead atoms. The molecule has 1 aromatic rings. The monoisotopic (exact) mass is 411 g/mol. The van der Waals surface area contributed by atoms with E-state index in [0.29, 0.717) is 0 Å². The van der Waals surface area contributed by atoms with Gasteiger partial charge in [0.15, 0.2) is 0 Å². The second-order valence-electron chi connectivity index (χ2n) is 5.43. The van der Waals surface area contributed by atoms with Gasteiger partial charge in [0.1, 0.15) is 0 Å². The summed E-state index contributed by atoms with van der Waals surface area (Å²) in [5.41, 5.74) is -4.00. The maximum absolute atomic E-state index is 12.3. The van der Waals surface area contributed by atoms with E-state index >= 15 is 0 Å². The van der Waals surface area contributed by atoms with E-state index in [4.69, 9.17) is 11.6 Å². The Morgan fingerprint density at radius 2 is 1.32 bits per heavy atom. The summed E-state index contributed by atoms with van der Waals surface area (Å²) in [7, 11) is 2.19. The van der Waals surface area contributed by atoms with Crippen molar-refractivity contribution >= 4 is 29.3 Å². The molecule has 25 heavy (non-hydrogen) atoms. The average molecular weight is 412 g/mol. The number of carbonyl (C=O) groups is 1. The number of likely N-dealkylation sites (tertiary alicyclic amines) is 1. The zero-order valence-corrected chi connectivity index (χ0v) is 14.7. The minimum atomic E-state index is -4.98. The van der Waals surface area contributed by atoms with Crippen LogP contribution in [0.4, 0.5) is 26.3 Å². The minimum absolute atomic E-state index is 0. The largest absolute Gasteiger partial charge is 0.416 e. The molecular formula is C15H17Cl2F6NO. The molecule has 0 N–H and O–H groups in total. The lowest BCUT2D eigenvalue weighted by Gasteiger charge is -2.20. The van der Waals surface area contributed by atoms with Crippen molar-refractivity contribution in [3.63, 3.8) is 0 Å². The van der Waals surface area contributed by atoms with Gasteiger partial charge in [0.05, 0.1) is 11.1 Å². The number of rotatable bonds is 1. The summed E-state index contributed by atoms with van der Waals surface area (Å²) < 4.78 is 73.7. The van der Waals surface area contributed by atoms with Crippen molar-refractivity contribution in [3.8, 4) is 0 Å². The fourth-order valence-corrected chi connectivity index (χ4v) is 2.23. The molecule has 144 valence electrons. The highest BCUT2D eigenvalue weighted by Crippen LogP contribution is 2.36. The van der Waals surface area contributed by atoms with Crippen LogP contribution in [-0.4, -0.2) is 30.3 Å². The van der Waals surface area contributed by atoms with Crippen LogP contribution in [0.2, 0.25) is 0 Å². The fraction of sp³-hybridized carbons (Fsp3) is 0.533. The summed E-state index contributed by atoms with van der Waals surface area (Å²) in [4.78, 5) is 13.0. The first-order chi connectivity index (χ1) is 10.9. The summed E-state index contributed by atoms with van der Waals surface area (Å²) in [6.07, 6.45) is -5.69. The van der Waals surface area contributed by atoms with Crippen molar-refractivity contribution in [1.82, 2.24) is 4.90 Å². The van der Waals surface area contributed by atoms with Crippen LogP contribution in [0.25, 0.3) is 0 Å². The predicted molar refractivity (Wildman–Crippen MR) is 85.2 cm³/mol. The van der Waals surface area contributed by atoms with Crippen molar-refractivity contribution < 1.29 is 31.1 Å². The molecule has 0 unspecified atom stereocenters. The van der Waals surface area contributed by atoms with Crippen LogP contribution in [0.3, 0.4) is 0 Å². The number of halogens is 8. The maximum Gasteiger partial charge on any atom is 0.416 e. The van der Waals surface area contributed by atoms with E-state index in [1.165, 1.54) is 32.4 Å². The smallest absolute Gasteiger partial charge is 0.306 e. The molecule has 1 aliphatic rings. The highest BCUT2D eigenvalue weighted by molar-refractivity contribution is 6.67. The second-order valence-corrected chi connectivity index (χ2v) is 5.78. The first-order valence-electron chi connectivity index (χ1n) is 7.09. The van der Waals surface area contributed by atoms with Gasteiger partial charge in [-0.3, -0.25) is 4.79 Å². The topological polar surface area (TPSA) is 20.3 Å². The predicted octanol–water partition coefficient (Wildman–Crippen LogP) is 5.63. The van der Waals surface area contributed by atoms with Crippen LogP contribution in [0, 0.1) is 0 Å². The number of hydrogen-bond donors (Lipinski definition) is 0. The Morgan fingerprint density at radius 3 is 1.56 bits per heavy atom. The lowest BCUT2D eigenvalue weighted by Crippen LogP contribution is -2.24. The van der Waals surface area contributed by atoms with Crippen LogP contribution < -0.4 is 0 Å². The number of nitrogens with zero attached hydrogens (tertiary/aromatic N) is 1. The molecule has 0 amide bonds. The first kappa shape index (κ1) is 24.0. The van der Waals surface area contributed by atoms with E-state index in [1.807, 2.05) is 0 Å². The summed E-state index contributed by atoms with van der Waals surface area (Å²) in [6, 6.07) is 0.457. The van der Waals surface area contributed by atoms with Gasteiger partial charge in [0, 0.05) is 5.56 Å². The summed E-state index contributed by atoms with van der Waals surface area (Å²) in [5.74, 6) is 0. The van der Waals surface area contributed by atoms with Gasteiger partial charge in [-0.2, -0.15) is 26.3 Å². The molecule has 2 rings (SSSR count). The molecule has 0 saturated carbocycles. The number of carbonyl (C=O) groups excluding carboxylic acids is 1. The quantitative estimate of drug-likeness (QED) is 0.441. The fourth-order valence-electron chi connectivity index (χ4n) is 2.12. The molecule has 0 spiro atoms. The minimum Gasteiger partial charge on any atom is -0.306 e. The molecule has 0 aliphatic carbocycles. The lowest BCUT2D eigenvalue weighted by molar-refractivity contribution is -0.143. The van der Waals surface area contributed by atoms with Gasteiger partial charge in [-0.25, -0.2) is 0 Å². The molecule has 1 aliphatic heterocycles. The highest BCUT2D eigenvalue weighted by Gasteiger charge is 2.37. The van der Waals surface area contributed by atoms with Crippen LogP contribution in [0.15, 0.2) is 18.2 Å². The summed E-state index contributed by atoms with van der Waals surface area (Å²) in [6.45, 7) is 2.64. The molecular weight excluding hydrogens is 395 g/mol. The van der Waals surface area contributed by atoms with Gasteiger partial charge in [-0.05, 0) is 62.8 Å². The van der Waals surface area contributed by atoms with Crippen molar-refractivity contribution in [3.05, 3.63) is 34.9 Å². The molecule has 0 aromatic heterocycles. The molecule has 1 aromatic carbocycles.